The maximum Gasteiger partial charge on any atom is 0.317 e. The first-order chi connectivity index (χ1) is 8.90. The molecular formula is C14H24N2O3. The summed E-state index contributed by atoms with van der Waals surface area (Å²) in [5, 5.41) is 12.1. The number of amides is 2. The minimum Gasteiger partial charge on any atom is -0.481 e. The largest absolute Gasteiger partial charge is 0.481 e. The van der Waals surface area contributed by atoms with Gasteiger partial charge in [0.05, 0.1) is 5.92 Å². The van der Waals surface area contributed by atoms with E-state index in [1.54, 1.807) is 4.90 Å². The number of rotatable bonds is 2. The molecule has 0 bridgehead atoms. The fraction of sp³-hybridized carbons (Fsp3) is 0.857. The Morgan fingerprint density at radius 1 is 1.26 bits per heavy atom. The van der Waals surface area contributed by atoms with Crippen molar-refractivity contribution < 1.29 is 14.7 Å². The third kappa shape index (κ3) is 3.19. The minimum absolute atomic E-state index is 0.0917. The molecule has 0 aromatic carbocycles. The number of piperidine rings is 1. The molecule has 0 radical (unpaired) electrons. The Bertz CT molecular complexity index is 368. The molecule has 19 heavy (non-hydrogen) atoms. The standard InChI is InChI=1S/C14H24N2O3/c1-14(2)7-3-6-11(14)15-13(19)16-8-4-5-10(9-16)12(17)18/h10-11H,3-9H2,1-2H3,(H,15,19)(H,17,18)/t10-,11?/m1/s1. The van der Waals surface area contributed by atoms with Crippen molar-refractivity contribution in [3.05, 3.63) is 0 Å². The molecule has 1 saturated heterocycles. The Morgan fingerprint density at radius 3 is 2.58 bits per heavy atom. The molecule has 2 fully saturated rings. The highest BCUT2D eigenvalue weighted by Gasteiger charge is 2.37. The highest BCUT2D eigenvalue weighted by Crippen LogP contribution is 2.37. The molecule has 1 unspecified atom stereocenters. The predicted molar refractivity (Wildman–Crippen MR) is 71.9 cm³/mol. The lowest BCUT2D eigenvalue weighted by molar-refractivity contribution is -0.143. The molecule has 1 aliphatic carbocycles. The van der Waals surface area contributed by atoms with Gasteiger partial charge in [0.15, 0.2) is 0 Å². The van der Waals surface area contributed by atoms with E-state index in [9.17, 15) is 9.59 Å². The lowest BCUT2D eigenvalue weighted by atomic mass is 9.87. The van der Waals surface area contributed by atoms with Gasteiger partial charge in [-0.15, -0.1) is 0 Å². The van der Waals surface area contributed by atoms with Gasteiger partial charge in [0, 0.05) is 19.1 Å². The molecule has 1 saturated carbocycles. The number of aliphatic carboxylic acids is 1. The minimum atomic E-state index is -0.793. The molecular weight excluding hydrogens is 244 g/mol. The van der Waals surface area contributed by atoms with Crippen LogP contribution in [0.25, 0.3) is 0 Å². The van der Waals surface area contributed by atoms with Crippen LogP contribution >= 0.6 is 0 Å². The summed E-state index contributed by atoms with van der Waals surface area (Å²) >= 11 is 0. The van der Waals surface area contributed by atoms with Crippen molar-refractivity contribution in [3.8, 4) is 0 Å². The number of likely N-dealkylation sites (tertiary alicyclic amines) is 1. The number of nitrogens with zero attached hydrogens (tertiary/aromatic N) is 1. The van der Waals surface area contributed by atoms with Crippen molar-refractivity contribution in [2.45, 2.75) is 52.0 Å². The second kappa shape index (κ2) is 5.39. The van der Waals surface area contributed by atoms with E-state index in [1.807, 2.05) is 0 Å². The quantitative estimate of drug-likeness (QED) is 0.805. The van der Waals surface area contributed by atoms with Gasteiger partial charge in [-0.1, -0.05) is 20.3 Å². The van der Waals surface area contributed by atoms with E-state index < -0.39 is 11.9 Å². The fourth-order valence-electron chi connectivity index (χ4n) is 3.20. The Hall–Kier alpha value is -1.26. The van der Waals surface area contributed by atoms with Crippen molar-refractivity contribution in [2.75, 3.05) is 13.1 Å². The SMILES string of the molecule is CC1(C)CCCC1NC(=O)N1CCC[C@@H](C(=O)O)C1. The summed E-state index contributed by atoms with van der Waals surface area (Å²) in [6.07, 6.45) is 4.76. The van der Waals surface area contributed by atoms with E-state index in [0.29, 0.717) is 19.5 Å². The van der Waals surface area contributed by atoms with Crippen LogP contribution in [-0.2, 0) is 4.79 Å². The molecule has 0 aromatic rings. The van der Waals surface area contributed by atoms with E-state index >= 15 is 0 Å². The first-order valence-corrected chi connectivity index (χ1v) is 7.18. The second-order valence-corrected chi connectivity index (χ2v) is 6.51. The summed E-state index contributed by atoms with van der Waals surface area (Å²) in [6, 6.07) is 0.121. The smallest absolute Gasteiger partial charge is 0.317 e. The number of carboxylic acids is 1. The topological polar surface area (TPSA) is 69.6 Å². The van der Waals surface area contributed by atoms with Gasteiger partial charge in [0.1, 0.15) is 0 Å². The van der Waals surface area contributed by atoms with E-state index in [4.69, 9.17) is 5.11 Å². The van der Waals surface area contributed by atoms with E-state index in [0.717, 1.165) is 25.7 Å². The Morgan fingerprint density at radius 2 is 2.00 bits per heavy atom. The molecule has 2 amide bonds. The number of hydrogen-bond donors (Lipinski definition) is 2. The zero-order valence-electron chi connectivity index (χ0n) is 11.8. The number of urea groups is 1. The van der Waals surface area contributed by atoms with Crippen molar-refractivity contribution in [1.29, 1.82) is 0 Å². The van der Waals surface area contributed by atoms with Crippen molar-refractivity contribution >= 4 is 12.0 Å². The molecule has 5 nitrogen and oxygen atoms in total. The number of carbonyl (C=O) groups is 2. The van der Waals surface area contributed by atoms with Crippen LogP contribution in [0.15, 0.2) is 0 Å². The maximum absolute atomic E-state index is 12.2. The zero-order chi connectivity index (χ0) is 14.0. The molecule has 1 heterocycles. The average molecular weight is 268 g/mol. The molecule has 0 aromatic heterocycles. The molecule has 108 valence electrons. The lowest BCUT2D eigenvalue weighted by Crippen LogP contribution is -2.51. The molecule has 2 atom stereocenters. The Labute approximate surface area is 114 Å². The lowest BCUT2D eigenvalue weighted by Gasteiger charge is -2.34. The van der Waals surface area contributed by atoms with Crippen LogP contribution in [0.1, 0.15) is 46.0 Å². The third-order valence-corrected chi connectivity index (χ3v) is 4.61. The summed E-state index contributed by atoms with van der Waals surface area (Å²) in [7, 11) is 0. The first kappa shape index (κ1) is 14.2. The normalized spacial score (nSPS) is 30.1. The molecule has 5 heteroatoms. The van der Waals surface area contributed by atoms with Crippen molar-refractivity contribution in [1.82, 2.24) is 10.2 Å². The van der Waals surface area contributed by atoms with Gasteiger partial charge in [0.2, 0.25) is 0 Å². The van der Waals surface area contributed by atoms with Gasteiger partial charge >= 0.3 is 12.0 Å². The number of nitrogens with one attached hydrogen (secondary N) is 1. The third-order valence-electron chi connectivity index (χ3n) is 4.61. The van der Waals surface area contributed by atoms with Crippen LogP contribution in [0.5, 0.6) is 0 Å². The Balaban J connectivity index is 1.91. The highest BCUT2D eigenvalue weighted by molar-refractivity contribution is 5.76. The molecule has 2 rings (SSSR count). The van der Waals surface area contributed by atoms with Crippen LogP contribution in [0, 0.1) is 11.3 Å². The van der Waals surface area contributed by atoms with Gasteiger partial charge in [-0.05, 0) is 31.1 Å². The zero-order valence-corrected chi connectivity index (χ0v) is 11.8. The van der Waals surface area contributed by atoms with Gasteiger partial charge in [-0.2, -0.15) is 0 Å². The first-order valence-electron chi connectivity index (χ1n) is 7.18. The summed E-state index contributed by atoms with van der Waals surface area (Å²) < 4.78 is 0. The molecule has 0 spiro atoms. The van der Waals surface area contributed by atoms with Crippen LogP contribution in [0.4, 0.5) is 4.79 Å². The predicted octanol–water partition coefficient (Wildman–Crippen LogP) is 2.07. The summed E-state index contributed by atoms with van der Waals surface area (Å²) in [4.78, 5) is 24.9. The van der Waals surface area contributed by atoms with Crippen molar-refractivity contribution in [3.63, 3.8) is 0 Å². The van der Waals surface area contributed by atoms with Gasteiger partial charge in [-0.3, -0.25) is 4.79 Å². The van der Waals surface area contributed by atoms with Gasteiger partial charge in [0.25, 0.3) is 0 Å². The summed E-state index contributed by atoms with van der Waals surface area (Å²) in [5.41, 5.74) is 0.150. The van der Waals surface area contributed by atoms with Gasteiger partial charge in [-0.25, -0.2) is 4.79 Å². The highest BCUT2D eigenvalue weighted by atomic mass is 16.4. The van der Waals surface area contributed by atoms with Gasteiger partial charge < -0.3 is 15.3 Å². The molecule has 1 aliphatic heterocycles. The van der Waals surface area contributed by atoms with Crippen molar-refractivity contribution in [2.24, 2.45) is 11.3 Å². The average Bonchev–Trinajstić information content (AvgIpc) is 2.69. The summed E-state index contributed by atoms with van der Waals surface area (Å²) in [5.74, 6) is -1.20. The fourth-order valence-corrected chi connectivity index (χ4v) is 3.20. The van der Waals surface area contributed by atoms with Crippen LogP contribution < -0.4 is 5.32 Å². The number of carbonyl (C=O) groups excluding carboxylic acids is 1. The number of carboxylic acid groups (broad SMARTS) is 1. The Kier molecular flexibility index (Phi) is 4.02. The van der Waals surface area contributed by atoms with E-state index in [-0.39, 0.29) is 17.5 Å². The maximum atomic E-state index is 12.2. The van der Waals surface area contributed by atoms with Crippen LogP contribution in [0.3, 0.4) is 0 Å². The van der Waals surface area contributed by atoms with Crippen LogP contribution in [0.2, 0.25) is 0 Å². The van der Waals surface area contributed by atoms with E-state index in [2.05, 4.69) is 19.2 Å². The second-order valence-electron chi connectivity index (χ2n) is 6.51. The number of hydrogen-bond acceptors (Lipinski definition) is 2. The molecule has 2 aliphatic rings. The monoisotopic (exact) mass is 268 g/mol. The van der Waals surface area contributed by atoms with Crippen LogP contribution in [-0.4, -0.2) is 41.1 Å². The summed E-state index contributed by atoms with van der Waals surface area (Å²) in [6.45, 7) is 5.37. The van der Waals surface area contributed by atoms with E-state index in [1.165, 1.54) is 0 Å². The molecule has 2 N–H and O–H groups in total.